The first-order chi connectivity index (χ1) is 12.1. The van der Waals surface area contributed by atoms with Crippen molar-refractivity contribution in [3.05, 3.63) is 52.8 Å². The highest BCUT2D eigenvalue weighted by Crippen LogP contribution is 2.34. The molecule has 0 saturated heterocycles. The lowest BCUT2D eigenvalue weighted by Crippen LogP contribution is -2.05. The minimum atomic E-state index is 0.176. The van der Waals surface area contributed by atoms with Gasteiger partial charge >= 0.3 is 0 Å². The summed E-state index contributed by atoms with van der Waals surface area (Å²) in [4.78, 5) is 4.27. The number of aryl methyl sites for hydroxylation is 2. The van der Waals surface area contributed by atoms with Gasteiger partial charge in [0.15, 0.2) is 0 Å². The van der Waals surface area contributed by atoms with Gasteiger partial charge in [0.1, 0.15) is 11.8 Å². The predicted molar refractivity (Wildman–Crippen MR) is 97.7 cm³/mol. The van der Waals surface area contributed by atoms with E-state index < -0.39 is 0 Å². The Morgan fingerprint density at radius 3 is 2.72 bits per heavy atom. The van der Waals surface area contributed by atoms with Crippen molar-refractivity contribution >= 4 is 11.4 Å². The minimum Gasteiger partial charge on any atom is -0.508 e. The molecule has 2 aliphatic carbocycles. The zero-order chi connectivity index (χ0) is 17.8. The zero-order valence-corrected chi connectivity index (χ0v) is 14.1. The van der Waals surface area contributed by atoms with Crippen LogP contribution in [0.25, 0.3) is 0 Å². The highest BCUT2D eigenvalue weighted by molar-refractivity contribution is 6.05. The molecule has 5 nitrogen and oxygen atoms in total. The fraction of sp³-hybridized carbons (Fsp3) is 0.350. The topological polar surface area (TPSA) is 107 Å². The second-order valence-electron chi connectivity index (χ2n) is 6.61. The lowest BCUT2D eigenvalue weighted by molar-refractivity contribution is 0.475. The average Bonchev–Trinajstić information content (AvgIpc) is 3.48. The number of nitriles is 1. The summed E-state index contributed by atoms with van der Waals surface area (Å²) >= 11 is 0. The quantitative estimate of drug-likeness (QED) is 0.443. The van der Waals surface area contributed by atoms with Gasteiger partial charge in [-0.2, -0.15) is 5.26 Å². The fourth-order valence-electron chi connectivity index (χ4n) is 3.02. The number of benzene rings is 1. The Hall–Kier alpha value is -2.87. The molecular weight excluding hydrogens is 312 g/mol. The van der Waals surface area contributed by atoms with E-state index in [1.54, 1.807) is 24.4 Å². The van der Waals surface area contributed by atoms with Gasteiger partial charge < -0.3 is 16.2 Å². The zero-order valence-electron chi connectivity index (χ0n) is 14.1. The molecule has 1 aromatic carbocycles. The number of aromatic nitrogens is 1. The van der Waals surface area contributed by atoms with E-state index in [2.05, 4.69) is 11.1 Å². The van der Waals surface area contributed by atoms with Crippen molar-refractivity contribution in [1.29, 1.82) is 10.7 Å². The number of nitrogens with zero attached hydrogens (tertiary/aromatic N) is 2. The lowest BCUT2D eigenvalue weighted by atomic mass is 9.95. The number of anilines is 1. The van der Waals surface area contributed by atoms with Crippen molar-refractivity contribution in [2.75, 3.05) is 5.73 Å². The summed E-state index contributed by atoms with van der Waals surface area (Å²) in [7, 11) is 0. The van der Waals surface area contributed by atoms with Crippen LogP contribution in [0.1, 0.15) is 48.1 Å². The number of nitrogen functional groups attached to an aromatic ring is 1. The maximum Gasteiger partial charge on any atom is 0.116 e. The number of hydrogen-bond acceptors (Lipinski definition) is 5. The highest BCUT2D eigenvalue weighted by Gasteiger charge is 2.28. The van der Waals surface area contributed by atoms with Crippen LogP contribution in [0.15, 0.2) is 30.5 Å². The summed E-state index contributed by atoms with van der Waals surface area (Å²) in [5.74, 6) is 0.540. The van der Waals surface area contributed by atoms with Crippen LogP contribution in [-0.4, -0.2) is 15.8 Å². The molecule has 2 aromatic rings. The number of hydrogen-bond donors (Lipinski definition) is 3. The largest absolute Gasteiger partial charge is 0.508 e. The maximum absolute atomic E-state index is 9.24. The lowest BCUT2D eigenvalue weighted by Gasteiger charge is -2.13. The van der Waals surface area contributed by atoms with E-state index in [0.29, 0.717) is 28.4 Å². The minimum absolute atomic E-state index is 0.176. The summed E-state index contributed by atoms with van der Waals surface area (Å²) in [6.07, 6.45) is 8.49. The molecule has 1 fully saturated rings. The predicted octanol–water partition coefficient (Wildman–Crippen LogP) is 3.58. The van der Waals surface area contributed by atoms with Gasteiger partial charge in [-0.15, -0.1) is 0 Å². The van der Waals surface area contributed by atoms with Crippen molar-refractivity contribution in [3.8, 4) is 11.8 Å². The molecular formula is C20H22N4O. The first kappa shape index (κ1) is 17.0. The summed E-state index contributed by atoms with van der Waals surface area (Å²) < 4.78 is 0. The van der Waals surface area contributed by atoms with Crippen LogP contribution in [-0.2, 0) is 12.8 Å². The third-order valence-corrected chi connectivity index (χ3v) is 4.61. The van der Waals surface area contributed by atoms with E-state index in [1.165, 1.54) is 24.1 Å². The van der Waals surface area contributed by atoms with Crippen LogP contribution in [0.4, 0.5) is 5.69 Å². The third kappa shape index (κ3) is 4.16. The molecule has 0 bridgehead atoms. The molecule has 4 rings (SSSR count). The SMILES string of the molecule is N#Cc1cnc2c(c1)CCCC2.N=C(c1cc(O)ccc1N)C1CC1. The van der Waals surface area contributed by atoms with Crippen molar-refractivity contribution in [2.24, 2.45) is 5.92 Å². The van der Waals surface area contributed by atoms with Gasteiger partial charge in [-0.1, -0.05) is 0 Å². The van der Waals surface area contributed by atoms with E-state index in [0.717, 1.165) is 25.7 Å². The standard InChI is InChI=1S/C10H12N2O.C10H10N2/c11-9-4-3-7(13)5-8(9)10(12)6-1-2-6;11-6-8-5-9-3-1-2-4-10(9)12-7-8/h3-6,12-13H,1-2,11H2;5,7H,1-4H2. The molecule has 128 valence electrons. The summed E-state index contributed by atoms with van der Waals surface area (Å²) in [5, 5.41) is 25.7. The van der Waals surface area contributed by atoms with Gasteiger partial charge in [0.25, 0.3) is 0 Å². The second-order valence-corrected chi connectivity index (χ2v) is 6.61. The Morgan fingerprint density at radius 1 is 1.24 bits per heavy atom. The number of nitrogens with two attached hydrogens (primary N) is 1. The molecule has 1 heterocycles. The Bertz CT molecular complexity index is 834. The molecule has 0 radical (unpaired) electrons. The summed E-state index contributed by atoms with van der Waals surface area (Å²) in [6, 6.07) is 8.83. The number of aromatic hydroxyl groups is 1. The van der Waals surface area contributed by atoms with Crippen molar-refractivity contribution < 1.29 is 5.11 Å². The first-order valence-corrected chi connectivity index (χ1v) is 8.63. The molecule has 0 aliphatic heterocycles. The highest BCUT2D eigenvalue weighted by atomic mass is 16.3. The first-order valence-electron chi connectivity index (χ1n) is 8.63. The van der Waals surface area contributed by atoms with E-state index in [-0.39, 0.29) is 5.75 Å². The third-order valence-electron chi connectivity index (χ3n) is 4.61. The van der Waals surface area contributed by atoms with E-state index in [9.17, 15) is 5.11 Å². The van der Waals surface area contributed by atoms with Crippen LogP contribution >= 0.6 is 0 Å². The average molecular weight is 334 g/mol. The number of nitrogens with one attached hydrogen (secondary N) is 1. The molecule has 5 heteroatoms. The molecule has 0 spiro atoms. The number of fused-ring (bicyclic) bond motifs is 1. The Balaban J connectivity index is 0.000000146. The Kier molecular flexibility index (Phi) is 4.99. The van der Waals surface area contributed by atoms with Crippen LogP contribution in [0, 0.1) is 22.7 Å². The van der Waals surface area contributed by atoms with Crippen molar-refractivity contribution in [2.45, 2.75) is 38.5 Å². The van der Waals surface area contributed by atoms with Crippen LogP contribution in [0.5, 0.6) is 5.75 Å². The van der Waals surface area contributed by atoms with Crippen molar-refractivity contribution in [3.63, 3.8) is 0 Å². The summed E-state index contributed by atoms with van der Waals surface area (Å²) in [5.41, 5.74) is 10.7. The molecule has 0 unspecified atom stereocenters. The molecule has 25 heavy (non-hydrogen) atoms. The van der Waals surface area contributed by atoms with Gasteiger partial charge in [-0.25, -0.2) is 0 Å². The Labute approximate surface area is 147 Å². The molecule has 2 aliphatic rings. The van der Waals surface area contributed by atoms with Gasteiger partial charge in [0.2, 0.25) is 0 Å². The fourth-order valence-corrected chi connectivity index (χ4v) is 3.02. The number of rotatable bonds is 2. The second kappa shape index (κ2) is 7.35. The number of pyridine rings is 1. The molecule has 1 aromatic heterocycles. The van der Waals surface area contributed by atoms with Gasteiger partial charge in [0, 0.05) is 34.8 Å². The molecule has 0 atom stereocenters. The van der Waals surface area contributed by atoms with E-state index in [1.807, 2.05) is 6.07 Å². The van der Waals surface area contributed by atoms with Gasteiger partial charge in [-0.05, 0) is 68.4 Å². The van der Waals surface area contributed by atoms with Crippen LogP contribution < -0.4 is 5.73 Å². The number of phenols is 1. The number of phenolic OH excluding ortho intramolecular Hbond substituents is 1. The van der Waals surface area contributed by atoms with Gasteiger partial charge in [-0.3, -0.25) is 4.98 Å². The molecule has 4 N–H and O–H groups in total. The maximum atomic E-state index is 9.24. The van der Waals surface area contributed by atoms with Crippen LogP contribution in [0.2, 0.25) is 0 Å². The Morgan fingerprint density at radius 2 is 2.00 bits per heavy atom. The monoisotopic (exact) mass is 334 g/mol. The van der Waals surface area contributed by atoms with Gasteiger partial charge in [0.05, 0.1) is 5.56 Å². The summed E-state index contributed by atoms with van der Waals surface area (Å²) in [6.45, 7) is 0. The van der Waals surface area contributed by atoms with Crippen LogP contribution in [0.3, 0.4) is 0 Å². The van der Waals surface area contributed by atoms with E-state index in [4.69, 9.17) is 16.4 Å². The molecule has 1 saturated carbocycles. The normalized spacial score (nSPS) is 15.3. The smallest absolute Gasteiger partial charge is 0.116 e. The molecule has 0 amide bonds. The van der Waals surface area contributed by atoms with E-state index >= 15 is 0 Å². The van der Waals surface area contributed by atoms with Crippen molar-refractivity contribution in [1.82, 2.24) is 4.98 Å².